The molecule has 2 aromatic heterocycles. The van der Waals surface area contributed by atoms with Gasteiger partial charge in [-0.1, -0.05) is 35.9 Å². The molecular formula is C21H23N3OS. The van der Waals surface area contributed by atoms with Crippen LogP contribution in [0, 0.1) is 6.92 Å². The second-order valence-electron chi connectivity index (χ2n) is 7.52. The Hall–Kier alpha value is -1.95. The van der Waals surface area contributed by atoms with E-state index in [1.165, 1.54) is 21.7 Å². The van der Waals surface area contributed by atoms with Crippen LogP contribution in [0.1, 0.15) is 22.7 Å². The molecular weight excluding hydrogens is 342 g/mol. The lowest BCUT2D eigenvalue weighted by molar-refractivity contribution is -0.0821. The lowest BCUT2D eigenvalue weighted by Gasteiger charge is -2.35. The molecule has 3 aromatic rings. The number of ether oxygens (including phenoxy) is 1. The van der Waals surface area contributed by atoms with E-state index in [2.05, 4.69) is 63.2 Å². The summed E-state index contributed by atoms with van der Waals surface area (Å²) in [6.45, 7) is 6.76. The van der Waals surface area contributed by atoms with Crippen molar-refractivity contribution in [2.75, 3.05) is 13.1 Å². The summed E-state index contributed by atoms with van der Waals surface area (Å²) < 4.78 is 8.73. The normalized spacial score (nSPS) is 22.8. The van der Waals surface area contributed by atoms with Gasteiger partial charge in [0.2, 0.25) is 0 Å². The number of likely N-dealkylation sites (tertiary alicyclic amines) is 1. The van der Waals surface area contributed by atoms with Crippen LogP contribution in [-0.2, 0) is 24.4 Å². The molecule has 0 radical (unpaired) electrons. The molecule has 4 nitrogen and oxygen atoms in total. The van der Waals surface area contributed by atoms with Crippen molar-refractivity contribution >= 4 is 11.3 Å². The molecule has 0 saturated carbocycles. The lowest BCUT2D eigenvalue weighted by atomic mass is 10.0. The molecule has 5 rings (SSSR count). The van der Waals surface area contributed by atoms with Crippen molar-refractivity contribution in [3.8, 4) is 11.3 Å². The minimum atomic E-state index is -0.0790. The van der Waals surface area contributed by atoms with Crippen molar-refractivity contribution in [2.24, 2.45) is 0 Å². The Labute approximate surface area is 158 Å². The van der Waals surface area contributed by atoms with Crippen LogP contribution in [-0.4, -0.2) is 33.1 Å². The van der Waals surface area contributed by atoms with Gasteiger partial charge in [0, 0.05) is 24.5 Å². The lowest BCUT2D eigenvalue weighted by Crippen LogP contribution is -2.44. The summed E-state index contributed by atoms with van der Waals surface area (Å²) in [7, 11) is 0. The van der Waals surface area contributed by atoms with Gasteiger partial charge in [-0.25, -0.2) is 4.98 Å². The summed E-state index contributed by atoms with van der Waals surface area (Å²) in [5.41, 5.74) is 3.65. The molecule has 2 aliphatic heterocycles. The van der Waals surface area contributed by atoms with Gasteiger partial charge in [0.05, 0.1) is 18.4 Å². The number of benzene rings is 1. The van der Waals surface area contributed by atoms with Gasteiger partial charge in [0.25, 0.3) is 0 Å². The fourth-order valence-corrected chi connectivity index (χ4v) is 4.89. The zero-order valence-corrected chi connectivity index (χ0v) is 15.8. The van der Waals surface area contributed by atoms with E-state index < -0.39 is 0 Å². The molecule has 0 unspecified atom stereocenters. The van der Waals surface area contributed by atoms with Crippen LogP contribution in [0.2, 0.25) is 0 Å². The van der Waals surface area contributed by atoms with E-state index in [4.69, 9.17) is 4.74 Å². The first-order chi connectivity index (χ1) is 12.7. The second kappa shape index (κ2) is 6.34. The summed E-state index contributed by atoms with van der Waals surface area (Å²) >= 11 is 1.84. The smallest absolute Gasteiger partial charge is 0.135 e. The van der Waals surface area contributed by atoms with E-state index in [1.54, 1.807) is 0 Å². The first-order valence-corrected chi connectivity index (χ1v) is 10.1. The molecule has 1 fully saturated rings. The molecule has 0 bridgehead atoms. The number of nitrogens with zero attached hydrogens (tertiary/aromatic N) is 3. The highest BCUT2D eigenvalue weighted by molar-refractivity contribution is 7.09. The van der Waals surface area contributed by atoms with E-state index in [0.29, 0.717) is 6.61 Å². The van der Waals surface area contributed by atoms with E-state index in [-0.39, 0.29) is 5.60 Å². The predicted molar refractivity (Wildman–Crippen MR) is 104 cm³/mol. The van der Waals surface area contributed by atoms with Crippen molar-refractivity contribution in [1.29, 1.82) is 0 Å². The third-order valence-corrected chi connectivity index (χ3v) is 6.46. The van der Waals surface area contributed by atoms with Crippen molar-refractivity contribution in [1.82, 2.24) is 14.5 Å². The van der Waals surface area contributed by atoms with Crippen molar-refractivity contribution in [3.63, 3.8) is 0 Å². The summed E-state index contributed by atoms with van der Waals surface area (Å²) in [6, 6.07) is 13.1. The Morgan fingerprint density at radius 2 is 2.08 bits per heavy atom. The minimum Gasteiger partial charge on any atom is -0.364 e. The molecule has 1 saturated heterocycles. The summed E-state index contributed by atoms with van der Waals surface area (Å²) in [4.78, 5) is 8.57. The molecule has 1 aromatic carbocycles. The monoisotopic (exact) mass is 365 g/mol. The van der Waals surface area contributed by atoms with Gasteiger partial charge in [-0.2, -0.15) is 0 Å². The molecule has 0 amide bonds. The predicted octanol–water partition coefficient (Wildman–Crippen LogP) is 4.09. The zero-order chi connectivity index (χ0) is 17.6. The molecule has 1 spiro atoms. The Bertz CT molecular complexity index is 900. The van der Waals surface area contributed by atoms with Gasteiger partial charge in [-0.05, 0) is 30.4 Å². The van der Waals surface area contributed by atoms with Crippen LogP contribution in [0.5, 0.6) is 0 Å². The number of hydrogen-bond donors (Lipinski definition) is 0. The minimum absolute atomic E-state index is 0.0790. The standard InChI is InChI=1S/C21H23N3OS/c1-16-4-6-17(7-5-16)19-11-22-20-13-25-21(15-24(19)20)8-9-23(14-21)12-18-3-2-10-26-18/h2-7,10-11H,8-9,12-15H2,1H3/t21-/m1/s1. The number of rotatable bonds is 3. The molecule has 134 valence electrons. The van der Waals surface area contributed by atoms with Gasteiger partial charge >= 0.3 is 0 Å². The van der Waals surface area contributed by atoms with Crippen LogP contribution < -0.4 is 0 Å². The third-order valence-electron chi connectivity index (χ3n) is 5.59. The molecule has 2 aliphatic rings. The molecule has 1 atom stereocenters. The van der Waals surface area contributed by atoms with Gasteiger partial charge in [-0.3, -0.25) is 4.90 Å². The Morgan fingerprint density at radius 1 is 1.19 bits per heavy atom. The number of thiophene rings is 1. The SMILES string of the molecule is Cc1ccc(-c2cnc3n2C[C@]2(CCN(Cc4cccs4)C2)OC3)cc1. The van der Waals surface area contributed by atoms with Crippen LogP contribution in [0.3, 0.4) is 0 Å². The van der Waals surface area contributed by atoms with E-state index >= 15 is 0 Å². The largest absolute Gasteiger partial charge is 0.364 e. The zero-order valence-electron chi connectivity index (χ0n) is 15.0. The fraction of sp³-hybridized carbons (Fsp3) is 0.381. The number of hydrogen-bond acceptors (Lipinski definition) is 4. The number of aromatic nitrogens is 2. The quantitative estimate of drug-likeness (QED) is 0.700. The average Bonchev–Trinajstić information content (AvgIpc) is 3.37. The maximum atomic E-state index is 6.35. The van der Waals surface area contributed by atoms with Crippen LogP contribution >= 0.6 is 11.3 Å². The average molecular weight is 366 g/mol. The molecule has 26 heavy (non-hydrogen) atoms. The summed E-state index contributed by atoms with van der Waals surface area (Å²) in [5, 5.41) is 2.16. The molecule has 5 heteroatoms. The number of aryl methyl sites for hydroxylation is 1. The Balaban J connectivity index is 1.38. The maximum absolute atomic E-state index is 6.35. The third kappa shape index (κ3) is 2.90. The van der Waals surface area contributed by atoms with Crippen molar-refractivity contribution in [2.45, 2.75) is 38.6 Å². The van der Waals surface area contributed by atoms with Crippen LogP contribution in [0.4, 0.5) is 0 Å². The Kier molecular flexibility index (Phi) is 3.96. The summed E-state index contributed by atoms with van der Waals surface area (Å²) in [5.74, 6) is 1.04. The molecule has 4 heterocycles. The fourth-order valence-electron chi connectivity index (χ4n) is 4.14. The second-order valence-corrected chi connectivity index (χ2v) is 8.56. The Morgan fingerprint density at radius 3 is 2.88 bits per heavy atom. The van der Waals surface area contributed by atoms with E-state index in [9.17, 15) is 0 Å². The van der Waals surface area contributed by atoms with Gasteiger partial charge in [-0.15, -0.1) is 11.3 Å². The first-order valence-electron chi connectivity index (χ1n) is 9.21. The van der Waals surface area contributed by atoms with E-state index in [0.717, 1.165) is 38.4 Å². The number of fused-ring (bicyclic) bond motifs is 1. The van der Waals surface area contributed by atoms with Crippen molar-refractivity contribution < 1.29 is 4.74 Å². The highest BCUT2D eigenvalue weighted by atomic mass is 32.1. The van der Waals surface area contributed by atoms with Gasteiger partial charge in [0.1, 0.15) is 18.0 Å². The van der Waals surface area contributed by atoms with Crippen LogP contribution in [0.15, 0.2) is 48.0 Å². The van der Waals surface area contributed by atoms with Gasteiger partial charge < -0.3 is 9.30 Å². The van der Waals surface area contributed by atoms with Crippen molar-refractivity contribution in [3.05, 3.63) is 64.2 Å². The number of imidazole rings is 1. The topological polar surface area (TPSA) is 30.3 Å². The maximum Gasteiger partial charge on any atom is 0.135 e. The highest BCUT2D eigenvalue weighted by Gasteiger charge is 2.43. The van der Waals surface area contributed by atoms with Crippen LogP contribution in [0.25, 0.3) is 11.3 Å². The highest BCUT2D eigenvalue weighted by Crippen LogP contribution is 2.35. The van der Waals surface area contributed by atoms with E-state index in [1.807, 2.05) is 17.5 Å². The first kappa shape index (κ1) is 16.2. The summed E-state index contributed by atoms with van der Waals surface area (Å²) in [6.07, 6.45) is 3.09. The molecule has 0 aliphatic carbocycles. The molecule has 0 N–H and O–H groups in total. The van der Waals surface area contributed by atoms with Gasteiger partial charge in [0.15, 0.2) is 0 Å².